The average molecular weight is 463 g/mol. The molecule has 126 valence electrons. The first-order valence-electron chi connectivity index (χ1n) is 7.26. The fraction of sp³-hybridized carbons (Fsp3) is 0.0588. The lowest BCUT2D eigenvalue weighted by Gasteiger charge is -2.09. The zero-order chi connectivity index (χ0) is 17.8. The third kappa shape index (κ3) is 4.40. The Balaban J connectivity index is 1.90. The standard InChI is InChI=1S/C17H13Br2N5O/c1-10-6-15(24-21-9-11-2-4-20-5-3-11)23-17(22-10)13-7-12(18)8-14(19)16(13)25/h2-9,25H,1H3,(H,22,23,24)/b21-9-. The maximum atomic E-state index is 10.3. The van der Waals surface area contributed by atoms with E-state index in [9.17, 15) is 5.11 Å². The number of aromatic nitrogens is 3. The average Bonchev–Trinajstić information content (AvgIpc) is 2.58. The van der Waals surface area contributed by atoms with Crippen molar-refractivity contribution in [2.24, 2.45) is 5.10 Å². The number of phenols is 1. The van der Waals surface area contributed by atoms with Crippen molar-refractivity contribution in [1.29, 1.82) is 0 Å². The van der Waals surface area contributed by atoms with E-state index in [0.717, 1.165) is 15.7 Å². The third-order valence-corrected chi connectivity index (χ3v) is 4.28. The highest BCUT2D eigenvalue weighted by Crippen LogP contribution is 2.37. The molecule has 25 heavy (non-hydrogen) atoms. The number of halogens is 2. The Labute approximate surface area is 161 Å². The van der Waals surface area contributed by atoms with Gasteiger partial charge in [0.1, 0.15) is 5.75 Å². The van der Waals surface area contributed by atoms with Crippen LogP contribution in [0.15, 0.2) is 56.8 Å². The van der Waals surface area contributed by atoms with Crippen LogP contribution in [0, 0.1) is 6.92 Å². The summed E-state index contributed by atoms with van der Waals surface area (Å²) < 4.78 is 1.37. The zero-order valence-electron chi connectivity index (χ0n) is 13.1. The number of anilines is 1. The molecule has 8 heteroatoms. The summed E-state index contributed by atoms with van der Waals surface area (Å²) in [5, 5.41) is 14.4. The second-order valence-electron chi connectivity index (χ2n) is 5.15. The molecule has 3 rings (SSSR count). The highest BCUT2D eigenvalue weighted by Gasteiger charge is 2.13. The summed E-state index contributed by atoms with van der Waals surface area (Å²) in [6.45, 7) is 1.85. The number of aryl methyl sites for hydroxylation is 1. The van der Waals surface area contributed by atoms with E-state index in [0.29, 0.717) is 21.7 Å². The number of aromatic hydroxyl groups is 1. The van der Waals surface area contributed by atoms with Crippen molar-refractivity contribution < 1.29 is 5.11 Å². The van der Waals surface area contributed by atoms with E-state index in [2.05, 4.69) is 57.3 Å². The minimum absolute atomic E-state index is 0.0834. The molecule has 0 saturated carbocycles. The van der Waals surface area contributed by atoms with Gasteiger partial charge in [0.15, 0.2) is 11.6 Å². The Hall–Kier alpha value is -2.32. The molecule has 0 radical (unpaired) electrons. The van der Waals surface area contributed by atoms with E-state index in [1.54, 1.807) is 36.8 Å². The molecule has 6 nitrogen and oxygen atoms in total. The number of nitrogens with zero attached hydrogens (tertiary/aromatic N) is 4. The molecular formula is C17H13Br2N5O. The highest BCUT2D eigenvalue weighted by molar-refractivity contribution is 9.11. The molecule has 0 saturated heterocycles. The van der Waals surface area contributed by atoms with Gasteiger partial charge in [0.2, 0.25) is 0 Å². The van der Waals surface area contributed by atoms with E-state index < -0.39 is 0 Å². The molecule has 1 aromatic carbocycles. The van der Waals surface area contributed by atoms with Crippen molar-refractivity contribution in [2.75, 3.05) is 5.43 Å². The molecule has 3 aromatic rings. The van der Waals surface area contributed by atoms with Gasteiger partial charge in [0.05, 0.1) is 16.3 Å². The van der Waals surface area contributed by atoms with Gasteiger partial charge in [-0.3, -0.25) is 10.4 Å². The van der Waals surface area contributed by atoms with Crippen molar-refractivity contribution in [3.63, 3.8) is 0 Å². The molecule has 0 fully saturated rings. The molecule has 0 aliphatic rings. The van der Waals surface area contributed by atoms with Gasteiger partial charge in [-0.15, -0.1) is 0 Å². The Morgan fingerprint density at radius 2 is 1.88 bits per heavy atom. The van der Waals surface area contributed by atoms with Crippen LogP contribution in [0.25, 0.3) is 11.4 Å². The quantitative estimate of drug-likeness (QED) is 0.439. The van der Waals surface area contributed by atoms with Crippen molar-refractivity contribution in [3.8, 4) is 17.1 Å². The number of benzene rings is 1. The fourth-order valence-corrected chi connectivity index (χ4v) is 3.33. The number of nitrogens with one attached hydrogen (secondary N) is 1. The smallest absolute Gasteiger partial charge is 0.165 e. The van der Waals surface area contributed by atoms with Gasteiger partial charge in [0.25, 0.3) is 0 Å². The van der Waals surface area contributed by atoms with Gasteiger partial charge in [-0.2, -0.15) is 5.10 Å². The summed E-state index contributed by atoms with van der Waals surface area (Å²) in [6.07, 6.45) is 5.07. The molecule has 2 aromatic heterocycles. The van der Waals surface area contributed by atoms with Gasteiger partial charge in [-0.05, 0) is 52.7 Å². The molecule has 0 spiro atoms. The molecule has 0 bridgehead atoms. The predicted molar refractivity (Wildman–Crippen MR) is 105 cm³/mol. The van der Waals surface area contributed by atoms with E-state index in [1.807, 2.05) is 19.1 Å². The lowest BCUT2D eigenvalue weighted by molar-refractivity contribution is 0.473. The number of hydrogen-bond donors (Lipinski definition) is 2. The lowest BCUT2D eigenvalue weighted by Crippen LogP contribution is -1.99. The summed E-state index contributed by atoms with van der Waals surface area (Å²) in [6, 6.07) is 8.99. The zero-order valence-corrected chi connectivity index (χ0v) is 16.3. The second kappa shape index (κ2) is 7.71. The van der Waals surface area contributed by atoms with E-state index >= 15 is 0 Å². The highest BCUT2D eigenvalue weighted by atomic mass is 79.9. The fourth-order valence-electron chi connectivity index (χ4n) is 2.11. The molecular weight excluding hydrogens is 450 g/mol. The van der Waals surface area contributed by atoms with Crippen LogP contribution in [0.4, 0.5) is 5.82 Å². The van der Waals surface area contributed by atoms with Gasteiger partial charge in [-0.1, -0.05) is 15.9 Å². The number of pyridine rings is 1. The van der Waals surface area contributed by atoms with Crippen LogP contribution in [-0.4, -0.2) is 26.3 Å². The first-order chi connectivity index (χ1) is 12.0. The van der Waals surface area contributed by atoms with Crippen LogP contribution in [0.2, 0.25) is 0 Å². The summed E-state index contributed by atoms with van der Waals surface area (Å²) in [4.78, 5) is 12.8. The van der Waals surface area contributed by atoms with Crippen LogP contribution < -0.4 is 5.43 Å². The Morgan fingerprint density at radius 3 is 2.64 bits per heavy atom. The number of hydrazone groups is 1. The third-order valence-electron chi connectivity index (χ3n) is 3.22. The SMILES string of the molecule is Cc1cc(N/N=C\c2ccncc2)nc(-c2cc(Br)cc(Br)c2O)n1. The number of rotatable bonds is 4. The first-order valence-corrected chi connectivity index (χ1v) is 8.84. The topological polar surface area (TPSA) is 83.3 Å². The summed E-state index contributed by atoms with van der Waals surface area (Å²) in [5.74, 6) is 1.02. The lowest BCUT2D eigenvalue weighted by atomic mass is 10.2. The maximum Gasteiger partial charge on any atom is 0.165 e. The molecule has 0 atom stereocenters. The van der Waals surface area contributed by atoms with Gasteiger partial charge >= 0.3 is 0 Å². The molecule has 0 unspecified atom stereocenters. The minimum atomic E-state index is 0.0834. The normalized spacial score (nSPS) is 11.0. The first kappa shape index (κ1) is 17.5. The Morgan fingerprint density at radius 1 is 1.12 bits per heavy atom. The monoisotopic (exact) mass is 461 g/mol. The van der Waals surface area contributed by atoms with Gasteiger partial charge < -0.3 is 5.11 Å². The van der Waals surface area contributed by atoms with Crippen molar-refractivity contribution in [3.05, 3.63) is 62.9 Å². The van der Waals surface area contributed by atoms with E-state index in [-0.39, 0.29) is 5.75 Å². The number of hydrogen-bond acceptors (Lipinski definition) is 6. The second-order valence-corrected chi connectivity index (χ2v) is 6.92. The molecule has 0 aliphatic carbocycles. The molecule has 0 amide bonds. The van der Waals surface area contributed by atoms with Crippen molar-refractivity contribution >= 4 is 43.9 Å². The van der Waals surface area contributed by atoms with Crippen LogP contribution in [0.1, 0.15) is 11.3 Å². The molecule has 2 N–H and O–H groups in total. The van der Waals surface area contributed by atoms with Crippen LogP contribution in [0.5, 0.6) is 5.75 Å². The van der Waals surface area contributed by atoms with Gasteiger partial charge in [0, 0.05) is 28.6 Å². The molecule has 2 heterocycles. The van der Waals surface area contributed by atoms with Crippen molar-refractivity contribution in [2.45, 2.75) is 6.92 Å². The van der Waals surface area contributed by atoms with E-state index in [1.165, 1.54) is 0 Å². The summed E-state index contributed by atoms with van der Waals surface area (Å²) in [7, 11) is 0. The largest absolute Gasteiger partial charge is 0.506 e. The number of phenolic OH excluding ortho intramolecular Hbond substituents is 1. The van der Waals surface area contributed by atoms with Gasteiger partial charge in [-0.25, -0.2) is 9.97 Å². The molecule has 0 aliphatic heterocycles. The minimum Gasteiger partial charge on any atom is -0.506 e. The summed E-state index contributed by atoms with van der Waals surface area (Å²) >= 11 is 6.73. The maximum absolute atomic E-state index is 10.3. The predicted octanol–water partition coefficient (Wildman–Crippen LogP) is 4.52. The Kier molecular flexibility index (Phi) is 5.40. The Bertz CT molecular complexity index is 932. The summed E-state index contributed by atoms with van der Waals surface area (Å²) in [5.41, 5.74) is 5.08. The van der Waals surface area contributed by atoms with Crippen LogP contribution >= 0.6 is 31.9 Å². The van der Waals surface area contributed by atoms with E-state index in [4.69, 9.17) is 0 Å². The van der Waals surface area contributed by atoms with Crippen LogP contribution in [0.3, 0.4) is 0 Å². The van der Waals surface area contributed by atoms with Crippen molar-refractivity contribution in [1.82, 2.24) is 15.0 Å². The van der Waals surface area contributed by atoms with Crippen LogP contribution in [-0.2, 0) is 0 Å².